The van der Waals surface area contributed by atoms with Gasteiger partial charge in [0.15, 0.2) is 0 Å². The average Bonchev–Trinajstić information content (AvgIpc) is 2.57. The van der Waals surface area contributed by atoms with Crippen LogP contribution in [0.5, 0.6) is 0 Å². The number of primary amides is 1. The standard InChI is InChI=1S/C15H17FN4O.C7H16/c1-8(17)13(15(18)21)14(19-2)10-5-9-3-4-11(16)6-12(9)20-7-10;1-5-6-7(2,3)4/h3-6,20H,7,17H2,1-2H3,(H2,18,21);5-6H2,1-4H3/b13-8-,19-14?;. The molecular weight excluding hydrogens is 355 g/mol. The Kier molecular flexibility index (Phi) is 8.41. The smallest absolute Gasteiger partial charge is 0.252 e. The number of anilines is 1. The molecule has 0 spiro atoms. The number of carbonyl (C=O) groups is 1. The van der Waals surface area contributed by atoms with Crippen molar-refractivity contribution in [2.75, 3.05) is 18.9 Å². The fraction of sp³-hybridized carbons (Fsp3) is 0.455. The summed E-state index contributed by atoms with van der Waals surface area (Å²) in [5, 5.41) is 3.10. The molecule has 2 rings (SSSR count). The molecule has 154 valence electrons. The Morgan fingerprint density at radius 1 is 1.29 bits per heavy atom. The van der Waals surface area contributed by atoms with E-state index >= 15 is 0 Å². The van der Waals surface area contributed by atoms with E-state index in [1.54, 1.807) is 20.0 Å². The zero-order valence-electron chi connectivity index (χ0n) is 17.8. The zero-order valence-corrected chi connectivity index (χ0v) is 17.8. The van der Waals surface area contributed by atoms with Crippen LogP contribution in [-0.4, -0.2) is 25.2 Å². The van der Waals surface area contributed by atoms with Gasteiger partial charge in [0, 0.05) is 25.0 Å². The summed E-state index contributed by atoms with van der Waals surface area (Å²) < 4.78 is 13.2. The lowest BCUT2D eigenvalue weighted by Crippen LogP contribution is -2.28. The number of allylic oxidation sites excluding steroid dienone is 1. The van der Waals surface area contributed by atoms with E-state index in [9.17, 15) is 9.18 Å². The van der Waals surface area contributed by atoms with Gasteiger partial charge in [-0.1, -0.05) is 34.1 Å². The van der Waals surface area contributed by atoms with Gasteiger partial charge in [-0.25, -0.2) is 4.39 Å². The number of rotatable bonds is 4. The van der Waals surface area contributed by atoms with E-state index in [1.807, 2.05) is 6.08 Å². The third-order valence-corrected chi connectivity index (χ3v) is 4.22. The molecule has 1 aromatic carbocycles. The molecule has 0 fully saturated rings. The van der Waals surface area contributed by atoms with E-state index in [0.717, 1.165) is 11.1 Å². The van der Waals surface area contributed by atoms with Crippen molar-refractivity contribution in [1.82, 2.24) is 0 Å². The van der Waals surface area contributed by atoms with E-state index in [-0.39, 0.29) is 11.4 Å². The maximum Gasteiger partial charge on any atom is 0.252 e. The molecule has 1 aliphatic rings. The van der Waals surface area contributed by atoms with Crippen molar-refractivity contribution in [3.05, 3.63) is 46.4 Å². The summed E-state index contributed by atoms with van der Waals surface area (Å²) >= 11 is 0. The lowest BCUT2D eigenvalue weighted by molar-refractivity contribution is -0.114. The van der Waals surface area contributed by atoms with Gasteiger partial charge in [-0.05, 0) is 54.2 Å². The lowest BCUT2D eigenvalue weighted by Gasteiger charge is -2.21. The van der Waals surface area contributed by atoms with Crippen molar-refractivity contribution in [3.63, 3.8) is 0 Å². The number of hydrogen-bond donors (Lipinski definition) is 3. The first-order valence-corrected chi connectivity index (χ1v) is 9.47. The van der Waals surface area contributed by atoms with Crippen LogP contribution in [0.2, 0.25) is 0 Å². The first-order chi connectivity index (χ1) is 13.0. The van der Waals surface area contributed by atoms with Gasteiger partial charge in [-0.15, -0.1) is 0 Å². The normalized spacial score (nSPS) is 14.7. The number of fused-ring (bicyclic) bond motifs is 1. The highest BCUT2D eigenvalue weighted by Gasteiger charge is 2.21. The van der Waals surface area contributed by atoms with Gasteiger partial charge >= 0.3 is 0 Å². The first-order valence-electron chi connectivity index (χ1n) is 9.47. The molecule has 5 nitrogen and oxygen atoms in total. The average molecular weight is 389 g/mol. The summed E-state index contributed by atoms with van der Waals surface area (Å²) in [5.41, 5.74) is 14.9. The van der Waals surface area contributed by atoms with Crippen molar-refractivity contribution in [2.45, 2.75) is 47.5 Å². The van der Waals surface area contributed by atoms with E-state index in [1.165, 1.54) is 25.0 Å². The van der Waals surface area contributed by atoms with E-state index in [2.05, 4.69) is 38.0 Å². The third-order valence-electron chi connectivity index (χ3n) is 4.22. The molecule has 0 aliphatic carbocycles. The Balaban J connectivity index is 0.000000480. The Morgan fingerprint density at radius 2 is 1.93 bits per heavy atom. The largest absolute Gasteiger partial charge is 0.402 e. The highest BCUT2D eigenvalue weighted by atomic mass is 19.1. The fourth-order valence-corrected chi connectivity index (χ4v) is 3.05. The molecule has 1 amide bonds. The molecule has 0 saturated carbocycles. The summed E-state index contributed by atoms with van der Waals surface area (Å²) in [6, 6.07) is 4.46. The quantitative estimate of drug-likeness (QED) is 0.531. The van der Waals surface area contributed by atoms with E-state index < -0.39 is 5.91 Å². The molecule has 1 heterocycles. The lowest BCUT2D eigenvalue weighted by atomic mass is 9.91. The molecule has 6 heteroatoms. The predicted octanol–water partition coefficient (Wildman–Crippen LogP) is 4.26. The van der Waals surface area contributed by atoms with Crippen LogP contribution in [0.15, 0.2) is 40.0 Å². The molecule has 0 radical (unpaired) electrons. The Morgan fingerprint density at radius 3 is 2.36 bits per heavy atom. The van der Waals surface area contributed by atoms with Crippen molar-refractivity contribution in [3.8, 4) is 0 Å². The van der Waals surface area contributed by atoms with Gasteiger partial charge in [-0.3, -0.25) is 9.79 Å². The molecule has 0 aromatic heterocycles. The number of carbonyl (C=O) groups excluding carboxylic acids is 1. The van der Waals surface area contributed by atoms with Crippen LogP contribution in [0.1, 0.15) is 53.0 Å². The van der Waals surface area contributed by atoms with Crippen LogP contribution in [0, 0.1) is 11.2 Å². The summed E-state index contributed by atoms with van der Waals surface area (Å²) in [6.45, 7) is 11.1. The molecule has 0 atom stereocenters. The number of benzene rings is 1. The molecule has 1 aliphatic heterocycles. The molecule has 5 N–H and O–H groups in total. The van der Waals surface area contributed by atoms with Crippen LogP contribution in [0.4, 0.5) is 10.1 Å². The van der Waals surface area contributed by atoms with Crippen LogP contribution in [0.25, 0.3) is 6.08 Å². The van der Waals surface area contributed by atoms with Crippen LogP contribution < -0.4 is 16.8 Å². The minimum Gasteiger partial charge on any atom is -0.402 e. The van der Waals surface area contributed by atoms with Crippen molar-refractivity contribution in [2.24, 2.45) is 21.9 Å². The van der Waals surface area contributed by atoms with E-state index in [4.69, 9.17) is 11.5 Å². The number of halogens is 1. The monoisotopic (exact) mass is 388 g/mol. The van der Waals surface area contributed by atoms with Crippen molar-refractivity contribution in [1.29, 1.82) is 0 Å². The van der Waals surface area contributed by atoms with Crippen LogP contribution in [0.3, 0.4) is 0 Å². The van der Waals surface area contributed by atoms with Gasteiger partial charge in [0.25, 0.3) is 5.91 Å². The molecule has 0 bridgehead atoms. The molecular formula is C22H33FN4O. The van der Waals surface area contributed by atoms with Gasteiger partial charge in [0.2, 0.25) is 0 Å². The minimum atomic E-state index is -0.624. The number of nitrogens with zero attached hydrogens (tertiary/aromatic N) is 1. The minimum absolute atomic E-state index is 0.205. The number of aliphatic imine (C=N–C) groups is 1. The number of nitrogens with two attached hydrogens (primary N) is 2. The second-order valence-corrected chi connectivity index (χ2v) is 8.06. The van der Waals surface area contributed by atoms with Gasteiger partial charge in [-0.2, -0.15) is 0 Å². The zero-order chi connectivity index (χ0) is 21.5. The van der Waals surface area contributed by atoms with E-state index in [0.29, 0.717) is 29.1 Å². The van der Waals surface area contributed by atoms with Crippen LogP contribution in [-0.2, 0) is 4.79 Å². The van der Waals surface area contributed by atoms with Crippen LogP contribution >= 0.6 is 0 Å². The number of hydrogen-bond acceptors (Lipinski definition) is 4. The SMILES string of the molecule is CCCC(C)(C)C.CN=C(C1=Cc2ccc(F)cc2NC1)/C(C(N)=O)=C(\C)N. The summed E-state index contributed by atoms with van der Waals surface area (Å²) in [5.74, 6) is -0.931. The van der Waals surface area contributed by atoms with Gasteiger partial charge in [0.1, 0.15) is 5.82 Å². The van der Waals surface area contributed by atoms with Crippen molar-refractivity contribution < 1.29 is 9.18 Å². The second kappa shape index (κ2) is 10.1. The third kappa shape index (κ3) is 6.83. The topological polar surface area (TPSA) is 93.5 Å². The van der Waals surface area contributed by atoms with Crippen molar-refractivity contribution >= 4 is 23.4 Å². The maximum atomic E-state index is 13.2. The first kappa shape index (κ1) is 23.4. The molecule has 0 unspecified atom stereocenters. The Hall–Kier alpha value is -2.63. The highest BCUT2D eigenvalue weighted by Crippen LogP contribution is 2.26. The summed E-state index contributed by atoms with van der Waals surface area (Å²) in [4.78, 5) is 15.7. The number of amides is 1. The number of nitrogens with one attached hydrogen (secondary N) is 1. The molecule has 0 saturated heterocycles. The highest BCUT2D eigenvalue weighted by molar-refractivity contribution is 6.29. The molecule has 28 heavy (non-hydrogen) atoms. The maximum absolute atomic E-state index is 13.2. The predicted molar refractivity (Wildman–Crippen MR) is 117 cm³/mol. The van der Waals surface area contributed by atoms with Gasteiger partial charge in [0.05, 0.1) is 11.3 Å². The second-order valence-electron chi connectivity index (χ2n) is 8.06. The van der Waals surface area contributed by atoms with Gasteiger partial charge < -0.3 is 16.8 Å². The Bertz CT molecular complexity index is 797. The summed E-state index contributed by atoms with van der Waals surface area (Å²) in [6.07, 6.45) is 4.50. The molecule has 1 aromatic rings. The Labute approximate surface area is 167 Å². The summed E-state index contributed by atoms with van der Waals surface area (Å²) in [7, 11) is 1.57. The fourth-order valence-electron chi connectivity index (χ4n) is 3.05.